The lowest BCUT2D eigenvalue weighted by Crippen LogP contribution is -2.39. The Hall–Kier alpha value is -2.40. The molecule has 0 saturated heterocycles. The highest BCUT2D eigenvalue weighted by Crippen LogP contribution is 2.49. The summed E-state index contributed by atoms with van der Waals surface area (Å²) in [6, 6.07) is 9.57. The van der Waals surface area contributed by atoms with Gasteiger partial charge in [-0.3, -0.25) is 14.5 Å². The Morgan fingerprint density at radius 2 is 2.00 bits per heavy atom. The molecule has 4 nitrogen and oxygen atoms in total. The molecule has 0 radical (unpaired) electrons. The second kappa shape index (κ2) is 6.89. The SMILES string of the molecule is CCC(=O)N1c2ccccc2NC2=C(C(=O)CC(C)(C)C2)C1c1sccc1C. The predicted octanol–water partition coefficient (Wildman–Crippen LogP) is 5.61. The predicted molar refractivity (Wildman–Crippen MR) is 115 cm³/mol. The highest BCUT2D eigenvalue weighted by molar-refractivity contribution is 7.10. The van der Waals surface area contributed by atoms with Crippen LogP contribution in [0.3, 0.4) is 0 Å². The Bertz CT molecular complexity index is 986. The average molecular weight is 395 g/mol. The van der Waals surface area contributed by atoms with E-state index in [1.54, 1.807) is 11.3 Å². The molecule has 1 N–H and O–H groups in total. The van der Waals surface area contributed by atoms with Gasteiger partial charge in [0.05, 0.1) is 11.4 Å². The molecule has 1 aliphatic carbocycles. The number of thiophene rings is 1. The molecule has 5 heteroatoms. The highest BCUT2D eigenvalue weighted by atomic mass is 32.1. The van der Waals surface area contributed by atoms with Crippen LogP contribution in [0.2, 0.25) is 0 Å². The molecule has 0 bridgehead atoms. The first kappa shape index (κ1) is 18.9. The van der Waals surface area contributed by atoms with Gasteiger partial charge in [-0.15, -0.1) is 11.3 Å². The number of amides is 1. The Morgan fingerprint density at radius 3 is 2.68 bits per heavy atom. The normalized spacial score (nSPS) is 20.9. The van der Waals surface area contributed by atoms with Gasteiger partial charge in [-0.05, 0) is 47.9 Å². The number of fused-ring (bicyclic) bond motifs is 1. The van der Waals surface area contributed by atoms with Gasteiger partial charge in [0.15, 0.2) is 5.78 Å². The van der Waals surface area contributed by atoms with E-state index in [9.17, 15) is 9.59 Å². The standard InChI is InChI=1S/C23H26N2O2S/c1-5-19(27)25-17-9-7-6-8-15(17)24-16-12-23(3,4)13-18(26)20(16)21(25)22-14(2)10-11-28-22/h6-11,21,24H,5,12-13H2,1-4H3. The quantitative estimate of drug-likeness (QED) is 0.720. The molecule has 28 heavy (non-hydrogen) atoms. The number of carbonyl (C=O) groups excluding carboxylic acids is 2. The van der Waals surface area contributed by atoms with Gasteiger partial charge in [-0.1, -0.05) is 32.9 Å². The van der Waals surface area contributed by atoms with Crippen LogP contribution in [0.25, 0.3) is 0 Å². The third kappa shape index (κ3) is 3.08. The molecule has 0 spiro atoms. The summed E-state index contributed by atoms with van der Waals surface area (Å²) < 4.78 is 0. The van der Waals surface area contributed by atoms with Crippen molar-refractivity contribution in [3.05, 3.63) is 57.4 Å². The molecule has 146 valence electrons. The molecule has 0 saturated carbocycles. The molecule has 0 fully saturated rings. The van der Waals surface area contributed by atoms with E-state index in [0.717, 1.165) is 39.5 Å². The Balaban J connectivity index is 2.02. The molecule has 2 heterocycles. The number of aryl methyl sites for hydroxylation is 1. The van der Waals surface area contributed by atoms with E-state index in [2.05, 4.69) is 32.2 Å². The fourth-order valence-electron chi connectivity index (χ4n) is 4.35. The minimum atomic E-state index is -0.373. The maximum Gasteiger partial charge on any atom is 0.227 e. The summed E-state index contributed by atoms with van der Waals surface area (Å²) >= 11 is 1.62. The number of hydrogen-bond donors (Lipinski definition) is 1. The molecule has 1 amide bonds. The van der Waals surface area contributed by atoms with Crippen molar-refractivity contribution in [1.82, 2.24) is 0 Å². The van der Waals surface area contributed by atoms with E-state index in [1.165, 1.54) is 0 Å². The van der Waals surface area contributed by atoms with Gasteiger partial charge in [-0.2, -0.15) is 0 Å². The summed E-state index contributed by atoms with van der Waals surface area (Å²) in [6.07, 6.45) is 1.67. The summed E-state index contributed by atoms with van der Waals surface area (Å²) in [5.41, 5.74) is 4.45. The molecule has 2 aliphatic rings. The molecular formula is C23H26N2O2S. The molecule has 4 rings (SSSR count). The number of anilines is 2. The fraction of sp³-hybridized carbons (Fsp3) is 0.391. The molecule has 1 aromatic heterocycles. The molecular weight excluding hydrogens is 368 g/mol. The second-order valence-electron chi connectivity index (χ2n) is 8.46. The zero-order chi connectivity index (χ0) is 20.1. The lowest BCUT2D eigenvalue weighted by atomic mass is 9.74. The molecule has 1 aliphatic heterocycles. The van der Waals surface area contributed by atoms with Crippen molar-refractivity contribution in [2.24, 2.45) is 5.41 Å². The van der Waals surface area contributed by atoms with Gasteiger partial charge in [0, 0.05) is 29.0 Å². The fourth-order valence-corrected chi connectivity index (χ4v) is 5.37. The number of nitrogens with one attached hydrogen (secondary N) is 1. The van der Waals surface area contributed by atoms with Crippen molar-refractivity contribution in [2.75, 3.05) is 10.2 Å². The van der Waals surface area contributed by atoms with Crippen LogP contribution in [0.1, 0.15) is 56.5 Å². The van der Waals surface area contributed by atoms with E-state index in [1.807, 2.05) is 41.5 Å². The minimum Gasteiger partial charge on any atom is -0.357 e. The number of para-hydroxylation sites is 2. The Morgan fingerprint density at radius 1 is 1.25 bits per heavy atom. The lowest BCUT2D eigenvalue weighted by Gasteiger charge is -2.36. The van der Waals surface area contributed by atoms with E-state index < -0.39 is 0 Å². The van der Waals surface area contributed by atoms with E-state index in [-0.39, 0.29) is 23.1 Å². The zero-order valence-corrected chi connectivity index (χ0v) is 17.7. The number of benzene rings is 1. The summed E-state index contributed by atoms with van der Waals surface area (Å²) in [4.78, 5) is 29.5. The monoisotopic (exact) mass is 394 g/mol. The number of carbonyl (C=O) groups is 2. The number of nitrogens with zero attached hydrogens (tertiary/aromatic N) is 1. The summed E-state index contributed by atoms with van der Waals surface area (Å²) in [5, 5.41) is 5.58. The van der Waals surface area contributed by atoms with Crippen LogP contribution in [0, 0.1) is 12.3 Å². The van der Waals surface area contributed by atoms with Crippen LogP contribution in [0.5, 0.6) is 0 Å². The van der Waals surface area contributed by atoms with Crippen molar-refractivity contribution in [3.63, 3.8) is 0 Å². The van der Waals surface area contributed by atoms with E-state index >= 15 is 0 Å². The van der Waals surface area contributed by atoms with Crippen molar-refractivity contribution in [1.29, 1.82) is 0 Å². The molecule has 1 atom stereocenters. The zero-order valence-electron chi connectivity index (χ0n) is 16.8. The smallest absolute Gasteiger partial charge is 0.227 e. The largest absolute Gasteiger partial charge is 0.357 e. The van der Waals surface area contributed by atoms with Crippen molar-refractivity contribution < 1.29 is 9.59 Å². The van der Waals surface area contributed by atoms with Crippen LogP contribution in [-0.2, 0) is 9.59 Å². The first-order chi connectivity index (χ1) is 13.3. The van der Waals surface area contributed by atoms with E-state index in [0.29, 0.717) is 12.8 Å². The number of allylic oxidation sites excluding steroid dienone is 1. The molecule has 2 aromatic rings. The van der Waals surface area contributed by atoms with Crippen LogP contribution in [0.4, 0.5) is 11.4 Å². The van der Waals surface area contributed by atoms with Gasteiger partial charge in [0.1, 0.15) is 6.04 Å². The maximum absolute atomic E-state index is 13.4. The van der Waals surface area contributed by atoms with Crippen molar-refractivity contribution in [3.8, 4) is 0 Å². The van der Waals surface area contributed by atoms with Gasteiger partial charge in [-0.25, -0.2) is 0 Å². The first-order valence-electron chi connectivity index (χ1n) is 9.81. The third-order valence-corrected chi connectivity index (χ3v) is 6.69. The van der Waals surface area contributed by atoms with Gasteiger partial charge >= 0.3 is 0 Å². The van der Waals surface area contributed by atoms with Gasteiger partial charge < -0.3 is 5.32 Å². The maximum atomic E-state index is 13.4. The second-order valence-corrected chi connectivity index (χ2v) is 9.41. The van der Waals surface area contributed by atoms with Crippen molar-refractivity contribution >= 4 is 34.4 Å². The number of hydrogen-bond acceptors (Lipinski definition) is 4. The average Bonchev–Trinajstić information content (AvgIpc) is 2.99. The van der Waals surface area contributed by atoms with Crippen molar-refractivity contribution in [2.45, 2.75) is 53.0 Å². The Kier molecular flexibility index (Phi) is 4.66. The summed E-state index contributed by atoms with van der Waals surface area (Å²) in [5.74, 6) is 0.164. The molecule has 1 unspecified atom stereocenters. The topological polar surface area (TPSA) is 49.4 Å². The summed E-state index contributed by atoms with van der Waals surface area (Å²) in [6.45, 7) is 8.20. The number of ketones is 1. The van der Waals surface area contributed by atoms with Crippen LogP contribution >= 0.6 is 11.3 Å². The third-order valence-electron chi connectivity index (χ3n) is 5.62. The molecule has 1 aromatic carbocycles. The van der Waals surface area contributed by atoms with Crippen LogP contribution < -0.4 is 10.2 Å². The van der Waals surface area contributed by atoms with Crippen LogP contribution in [-0.4, -0.2) is 11.7 Å². The number of rotatable bonds is 2. The van der Waals surface area contributed by atoms with Gasteiger partial charge in [0.25, 0.3) is 0 Å². The lowest BCUT2D eigenvalue weighted by molar-refractivity contribution is -0.119. The summed E-state index contributed by atoms with van der Waals surface area (Å²) in [7, 11) is 0. The van der Waals surface area contributed by atoms with E-state index in [4.69, 9.17) is 0 Å². The van der Waals surface area contributed by atoms with Gasteiger partial charge in [0.2, 0.25) is 5.91 Å². The Labute approximate surface area is 170 Å². The first-order valence-corrected chi connectivity index (χ1v) is 10.7. The minimum absolute atomic E-state index is 0.0263. The number of Topliss-reactive ketones (excluding diaryl/α,β-unsaturated/α-hetero) is 1. The highest BCUT2D eigenvalue weighted by Gasteiger charge is 2.43. The van der Waals surface area contributed by atoms with Crippen LogP contribution in [0.15, 0.2) is 47.0 Å².